The van der Waals surface area contributed by atoms with Crippen molar-refractivity contribution in [3.05, 3.63) is 0 Å². The molecule has 118 valence electrons. The Kier molecular flexibility index (Phi) is 7.92. The number of nitrogens with one attached hydrogen (secondary N) is 2. The highest BCUT2D eigenvalue weighted by atomic mass is 16.5. The van der Waals surface area contributed by atoms with E-state index in [-0.39, 0.29) is 0 Å². The second kappa shape index (κ2) is 9.75. The summed E-state index contributed by atoms with van der Waals surface area (Å²) < 4.78 is 5.67. The van der Waals surface area contributed by atoms with Gasteiger partial charge in [-0.2, -0.15) is 0 Å². The molecule has 3 atom stereocenters. The van der Waals surface area contributed by atoms with Crippen LogP contribution in [0.2, 0.25) is 0 Å². The Morgan fingerprint density at radius 2 is 1.90 bits per heavy atom. The first-order chi connectivity index (χ1) is 9.92. The van der Waals surface area contributed by atoms with Crippen molar-refractivity contribution in [2.45, 2.75) is 76.8 Å². The summed E-state index contributed by atoms with van der Waals surface area (Å²) in [6.45, 7) is 6.27. The maximum Gasteiger partial charge on any atom is 0.0591 e. The smallest absolute Gasteiger partial charge is 0.0591 e. The Hall–Kier alpha value is -0.120. The molecule has 0 aromatic carbocycles. The van der Waals surface area contributed by atoms with Gasteiger partial charge < -0.3 is 15.4 Å². The summed E-state index contributed by atoms with van der Waals surface area (Å²) in [5, 5.41) is 7.55. The van der Waals surface area contributed by atoms with Crippen LogP contribution in [0.3, 0.4) is 0 Å². The summed E-state index contributed by atoms with van der Waals surface area (Å²) in [5.41, 5.74) is 0. The molecule has 0 bridgehead atoms. The average molecular weight is 282 g/mol. The molecule has 20 heavy (non-hydrogen) atoms. The predicted octanol–water partition coefficient (Wildman–Crippen LogP) is 3.09. The number of hydrogen-bond donors (Lipinski definition) is 2. The molecule has 1 aliphatic heterocycles. The number of rotatable bonds is 8. The average Bonchev–Trinajstić information content (AvgIpc) is 2.52. The molecule has 1 aliphatic carbocycles. The van der Waals surface area contributed by atoms with Crippen LogP contribution in [-0.2, 0) is 4.74 Å². The van der Waals surface area contributed by atoms with Gasteiger partial charge in [-0.15, -0.1) is 0 Å². The van der Waals surface area contributed by atoms with Gasteiger partial charge in [-0.25, -0.2) is 0 Å². The zero-order valence-corrected chi connectivity index (χ0v) is 13.3. The fourth-order valence-electron chi connectivity index (χ4n) is 3.80. The predicted molar refractivity (Wildman–Crippen MR) is 85.1 cm³/mol. The molecule has 0 aromatic heterocycles. The number of piperidine rings is 1. The second-order valence-corrected chi connectivity index (χ2v) is 6.53. The summed E-state index contributed by atoms with van der Waals surface area (Å²) >= 11 is 0. The summed E-state index contributed by atoms with van der Waals surface area (Å²) in [6, 6.07) is 1.48. The van der Waals surface area contributed by atoms with E-state index in [2.05, 4.69) is 17.6 Å². The van der Waals surface area contributed by atoms with Crippen molar-refractivity contribution in [1.82, 2.24) is 10.6 Å². The van der Waals surface area contributed by atoms with Crippen molar-refractivity contribution in [2.75, 3.05) is 26.3 Å². The minimum absolute atomic E-state index is 0.717. The lowest BCUT2D eigenvalue weighted by Gasteiger charge is -2.40. The summed E-state index contributed by atoms with van der Waals surface area (Å²) in [4.78, 5) is 0. The fourth-order valence-corrected chi connectivity index (χ4v) is 3.80. The highest BCUT2D eigenvalue weighted by Crippen LogP contribution is 2.30. The molecule has 1 saturated carbocycles. The van der Waals surface area contributed by atoms with Gasteiger partial charge in [0.1, 0.15) is 0 Å². The van der Waals surface area contributed by atoms with E-state index < -0.39 is 0 Å². The van der Waals surface area contributed by atoms with Crippen molar-refractivity contribution in [3.8, 4) is 0 Å². The van der Waals surface area contributed by atoms with Crippen LogP contribution < -0.4 is 10.6 Å². The first-order valence-electron chi connectivity index (χ1n) is 8.96. The molecule has 2 N–H and O–H groups in total. The molecule has 1 heterocycles. The molecule has 0 radical (unpaired) electrons. The molecule has 0 spiro atoms. The molecule has 2 aliphatic rings. The van der Waals surface area contributed by atoms with Crippen molar-refractivity contribution in [2.24, 2.45) is 5.92 Å². The number of unbranched alkanes of at least 4 members (excludes halogenated alkanes) is 1. The molecular weight excluding hydrogens is 248 g/mol. The summed E-state index contributed by atoms with van der Waals surface area (Å²) in [7, 11) is 0. The van der Waals surface area contributed by atoms with Gasteiger partial charge in [0.05, 0.1) is 6.61 Å². The maximum absolute atomic E-state index is 5.67. The molecule has 3 unspecified atom stereocenters. The SMILES string of the molecule is CCCCOCCNC1CCCCC1C1CCCCN1. The van der Waals surface area contributed by atoms with E-state index in [1.54, 1.807) is 0 Å². The highest BCUT2D eigenvalue weighted by molar-refractivity contribution is 4.90. The van der Waals surface area contributed by atoms with Gasteiger partial charge in [-0.3, -0.25) is 0 Å². The quantitative estimate of drug-likeness (QED) is 0.671. The van der Waals surface area contributed by atoms with E-state index >= 15 is 0 Å². The van der Waals surface area contributed by atoms with Crippen molar-refractivity contribution in [1.29, 1.82) is 0 Å². The second-order valence-electron chi connectivity index (χ2n) is 6.53. The molecule has 3 nitrogen and oxygen atoms in total. The largest absolute Gasteiger partial charge is 0.380 e. The van der Waals surface area contributed by atoms with Gasteiger partial charge in [0.15, 0.2) is 0 Å². The third-order valence-corrected chi connectivity index (χ3v) is 4.98. The Labute approximate surface area is 125 Å². The van der Waals surface area contributed by atoms with Gasteiger partial charge in [-0.05, 0) is 44.6 Å². The summed E-state index contributed by atoms with van der Waals surface area (Å²) in [6.07, 6.45) is 12.2. The van der Waals surface area contributed by atoms with E-state index in [1.165, 1.54) is 64.3 Å². The van der Waals surface area contributed by atoms with Gasteiger partial charge in [0, 0.05) is 25.2 Å². The van der Waals surface area contributed by atoms with Crippen LogP contribution >= 0.6 is 0 Å². The highest BCUT2D eigenvalue weighted by Gasteiger charge is 2.31. The zero-order chi connectivity index (χ0) is 14.0. The lowest BCUT2D eigenvalue weighted by atomic mass is 9.77. The third kappa shape index (κ3) is 5.34. The van der Waals surface area contributed by atoms with Crippen LogP contribution in [0, 0.1) is 5.92 Å². The Bertz CT molecular complexity index is 241. The van der Waals surface area contributed by atoms with E-state index in [1.807, 2.05) is 0 Å². The minimum atomic E-state index is 0.717. The Morgan fingerprint density at radius 3 is 2.70 bits per heavy atom. The molecule has 0 amide bonds. The molecule has 3 heteroatoms. The topological polar surface area (TPSA) is 33.3 Å². The van der Waals surface area contributed by atoms with E-state index in [0.29, 0.717) is 6.04 Å². The van der Waals surface area contributed by atoms with E-state index in [0.717, 1.165) is 31.7 Å². The standard InChI is InChI=1S/C17H34N2O/c1-2-3-13-20-14-12-19-17-9-5-4-8-15(17)16-10-6-7-11-18-16/h15-19H,2-14H2,1H3. The molecule has 0 aromatic rings. The molecule has 1 saturated heterocycles. The van der Waals surface area contributed by atoms with Crippen LogP contribution in [0.5, 0.6) is 0 Å². The molecule has 2 fully saturated rings. The van der Waals surface area contributed by atoms with Crippen LogP contribution in [0.1, 0.15) is 64.7 Å². The fraction of sp³-hybridized carbons (Fsp3) is 1.00. The number of ether oxygens (including phenoxy) is 1. The first kappa shape index (κ1) is 16.3. The van der Waals surface area contributed by atoms with Gasteiger partial charge in [0.25, 0.3) is 0 Å². The van der Waals surface area contributed by atoms with Crippen LogP contribution in [-0.4, -0.2) is 38.4 Å². The minimum Gasteiger partial charge on any atom is -0.380 e. The van der Waals surface area contributed by atoms with E-state index in [9.17, 15) is 0 Å². The van der Waals surface area contributed by atoms with Gasteiger partial charge in [-0.1, -0.05) is 32.6 Å². The molecule has 2 rings (SSSR count). The normalized spacial score (nSPS) is 31.4. The lowest BCUT2D eigenvalue weighted by molar-refractivity contribution is 0.119. The van der Waals surface area contributed by atoms with E-state index in [4.69, 9.17) is 4.74 Å². The van der Waals surface area contributed by atoms with Crippen LogP contribution in [0.4, 0.5) is 0 Å². The van der Waals surface area contributed by atoms with Gasteiger partial charge in [0.2, 0.25) is 0 Å². The maximum atomic E-state index is 5.67. The van der Waals surface area contributed by atoms with Crippen LogP contribution in [0.15, 0.2) is 0 Å². The Balaban J connectivity index is 1.67. The first-order valence-corrected chi connectivity index (χ1v) is 8.96. The van der Waals surface area contributed by atoms with Crippen LogP contribution in [0.25, 0.3) is 0 Å². The van der Waals surface area contributed by atoms with Gasteiger partial charge >= 0.3 is 0 Å². The molecular formula is C17H34N2O. The third-order valence-electron chi connectivity index (χ3n) is 4.98. The van der Waals surface area contributed by atoms with Crippen molar-refractivity contribution < 1.29 is 4.74 Å². The van der Waals surface area contributed by atoms with Crippen molar-refractivity contribution >= 4 is 0 Å². The monoisotopic (exact) mass is 282 g/mol. The van der Waals surface area contributed by atoms with Crippen molar-refractivity contribution in [3.63, 3.8) is 0 Å². The zero-order valence-electron chi connectivity index (χ0n) is 13.3. The Morgan fingerprint density at radius 1 is 1.05 bits per heavy atom. The number of hydrogen-bond acceptors (Lipinski definition) is 3. The summed E-state index contributed by atoms with van der Waals surface area (Å²) in [5.74, 6) is 0.847. The lowest BCUT2D eigenvalue weighted by Crippen LogP contribution is -2.51.